The predicted octanol–water partition coefficient (Wildman–Crippen LogP) is 3.09. The highest BCUT2D eigenvalue weighted by Crippen LogP contribution is 2.06. The molecule has 2 N–H and O–H groups in total. The van der Waals surface area contributed by atoms with E-state index in [1.807, 2.05) is 0 Å². The Morgan fingerprint density at radius 3 is 2.29 bits per heavy atom. The molecule has 0 saturated heterocycles. The third kappa shape index (κ3) is 8.27. The monoisotopic (exact) mass is 199 g/mol. The normalized spacial score (nSPS) is 12.1. The van der Waals surface area contributed by atoms with E-state index in [1.54, 1.807) is 0 Å². The first-order chi connectivity index (χ1) is 6.85. The standard InChI is InChI=1S/C12H25NO/c1-3-5-7-9-11-12(13-14)10-8-6-4-2/h11H,3-10,13H2,1-2H3. The second kappa shape index (κ2) is 10.7. The van der Waals surface area contributed by atoms with E-state index in [1.165, 1.54) is 32.1 Å². The molecule has 0 saturated carbocycles. The summed E-state index contributed by atoms with van der Waals surface area (Å²) < 4.78 is 0. The van der Waals surface area contributed by atoms with Crippen molar-refractivity contribution in [3.63, 3.8) is 0 Å². The molecule has 0 aliphatic heterocycles. The highest BCUT2D eigenvalue weighted by Gasteiger charge is 1.96. The molecule has 0 fully saturated rings. The van der Waals surface area contributed by atoms with E-state index in [9.17, 15) is 5.21 Å². The van der Waals surface area contributed by atoms with Gasteiger partial charge in [-0.3, -0.25) is 0 Å². The van der Waals surface area contributed by atoms with Gasteiger partial charge in [0.05, 0.1) is 0 Å². The van der Waals surface area contributed by atoms with Crippen LogP contribution in [0.5, 0.6) is 0 Å². The minimum absolute atomic E-state index is 0.976. The maximum absolute atomic E-state index is 10.7. The Kier molecular flexibility index (Phi) is 10.5. The minimum atomic E-state index is 0.976. The van der Waals surface area contributed by atoms with E-state index in [0.29, 0.717) is 0 Å². The Morgan fingerprint density at radius 2 is 1.71 bits per heavy atom. The highest BCUT2D eigenvalue weighted by molar-refractivity contribution is 4.89. The van der Waals surface area contributed by atoms with Crippen LogP contribution >= 0.6 is 0 Å². The summed E-state index contributed by atoms with van der Waals surface area (Å²) in [5.41, 5.74) is 2.04. The summed E-state index contributed by atoms with van der Waals surface area (Å²) in [7, 11) is 0. The molecule has 2 nitrogen and oxygen atoms in total. The third-order valence-electron chi connectivity index (χ3n) is 2.43. The maximum atomic E-state index is 10.7. The molecular weight excluding hydrogens is 174 g/mol. The van der Waals surface area contributed by atoms with Gasteiger partial charge in [0.2, 0.25) is 0 Å². The number of quaternary nitrogens is 1. The van der Waals surface area contributed by atoms with Crippen LogP contribution in [0.25, 0.3) is 0 Å². The summed E-state index contributed by atoms with van der Waals surface area (Å²) in [6, 6.07) is 0. The van der Waals surface area contributed by atoms with E-state index >= 15 is 0 Å². The molecule has 0 aromatic rings. The molecule has 0 rings (SSSR count). The Morgan fingerprint density at radius 1 is 1.07 bits per heavy atom. The average Bonchev–Trinajstić information content (AvgIpc) is 2.22. The van der Waals surface area contributed by atoms with Crippen molar-refractivity contribution in [2.45, 2.75) is 65.2 Å². The number of rotatable bonds is 9. The zero-order valence-electron chi connectivity index (χ0n) is 9.72. The van der Waals surface area contributed by atoms with Gasteiger partial charge in [0, 0.05) is 6.42 Å². The first-order valence-electron chi connectivity index (χ1n) is 5.99. The van der Waals surface area contributed by atoms with Crippen molar-refractivity contribution in [2.24, 2.45) is 0 Å². The van der Waals surface area contributed by atoms with Crippen molar-refractivity contribution in [1.29, 1.82) is 0 Å². The topological polar surface area (TPSA) is 39.7 Å². The molecule has 0 aliphatic carbocycles. The number of hydrogen-bond acceptors (Lipinski definition) is 1. The van der Waals surface area contributed by atoms with Gasteiger partial charge in [0.25, 0.3) is 0 Å². The number of nitrogens with two attached hydrogens (primary N) is 1. The van der Waals surface area contributed by atoms with Gasteiger partial charge in [-0.1, -0.05) is 39.5 Å². The second-order valence-electron chi connectivity index (χ2n) is 3.85. The molecule has 0 aromatic carbocycles. The van der Waals surface area contributed by atoms with E-state index in [4.69, 9.17) is 0 Å². The zero-order chi connectivity index (χ0) is 10.6. The maximum Gasteiger partial charge on any atom is 0.101 e. The molecule has 0 amide bonds. The lowest BCUT2D eigenvalue weighted by atomic mass is 10.1. The van der Waals surface area contributed by atoms with E-state index < -0.39 is 0 Å². The lowest BCUT2D eigenvalue weighted by molar-refractivity contribution is -0.538. The number of hydroxylamine groups is 1. The molecule has 14 heavy (non-hydrogen) atoms. The van der Waals surface area contributed by atoms with Gasteiger partial charge in [0.1, 0.15) is 5.70 Å². The molecule has 2 heteroatoms. The fourth-order valence-electron chi connectivity index (χ4n) is 1.47. The Labute approximate surface area is 88.4 Å². The highest BCUT2D eigenvalue weighted by atomic mass is 16.5. The fourth-order valence-corrected chi connectivity index (χ4v) is 1.47. The molecule has 84 valence electrons. The number of hydrogen-bond donors (Lipinski definition) is 1. The number of allylic oxidation sites excluding steroid dienone is 2. The van der Waals surface area contributed by atoms with Gasteiger partial charge >= 0.3 is 0 Å². The van der Waals surface area contributed by atoms with Crippen molar-refractivity contribution < 1.29 is 5.48 Å². The zero-order valence-corrected chi connectivity index (χ0v) is 9.72. The minimum Gasteiger partial charge on any atom is -0.631 e. The van der Waals surface area contributed by atoms with Gasteiger partial charge in [-0.25, -0.2) is 0 Å². The van der Waals surface area contributed by atoms with Crippen LogP contribution in [0.1, 0.15) is 65.2 Å². The molecule has 0 spiro atoms. The first kappa shape index (κ1) is 13.7. The molecular formula is C12H25NO. The fraction of sp³-hybridized carbons (Fsp3) is 0.833. The van der Waals surface area contributed by atoms with Crippen LogP contribution in [0.3, 0.4) is 0 Å². The van der Waals surface area contributed by atoms with Gasteiger partial charge < -0.3 is 10.7 Å². The third-order valence-corrected chi connectivity index (χ3v) is 2.43. The molecule has 0 bridgehead atoms. The van der Waals surface area contributed by atoms with E-state index in [0.717, 1.165) is 30.4 Å². The van der Waals surface area contributed by atoms with Crippen molar-refractivity contribution in [3.8, 4) is 0 Å². The Balaban J connectivity index is 3.53. The van der Waals surface area contributed by atoms with Crippen molar-refractivity contribution >= 4 is 0 Å². The lowest BCUT2D eigenvalue weighted by Crippen LogP contribution is -2.74. The van der Waals surface area contributed by atoms with E-state index in [-0.39, 0.29) is 0 Å². The Hall–Kier alpha value is -0.340. The van der Waals surface area contributed by atoms with Crippen LogP contribution in [0.4, 0.5) is 0 Å². The SMILES string of the molecule is CCCCCC=C(CCCCC)[NH2+][O-]. The molecule has 0 heterocycles. The number of unbranched alkanes of at least 4 members (excludes halogenated alkanes) is 5. The summed E-state index contributed by atoms with van der Waals surface area (Å²) in [6.45, 7) is 4.39. The van der Waals surface area contributed by atoms with Crippen LogP contribution in [-0.2, 0) is 0 Å². The van der Waals surface area contributed by atoms with Gasteiger partial charge in [0.15, 0.2) is 0 Å². The summed E-state index contributed by atoms with van der Waals surface area (Å²) in [6.07, 6.45) is 11.5. The predicted molar refractivity (Wildman–Crippen MR) is 61.7 cm³/mol. The van der Waals surface area contributed by atoms with Crippen LogP contribution < -0.4 is 5.48 Å². The summed E-state index contributed by atoms with van der Waals surface area (Å²) in [4.78, 5) is 0. The summed E-state index contributed by atoms with van der Waals surface area (Å²) in [5.74, 6) is 0. The van der Waals surface area contributed by atoms with Crippen molar-refractivity contribution in [3.05, 3.63) is 17.0 Å². The average molecular weight is 199 g/mol. The van der Waals surface area contributed by atoms with Gasteiger partial charge in [-0.15, -0.1) is 0 Å². The second-order valence-corrected chi connectivity index (χ2v) is 3.85. The molecule has 0 atom stereocenters. The molecule has 0 unspecified atom stereocenters. The van der Waals surface area contributed by atoms with Crippen molar-refractivity contribution in [2.75, 3.05) is 0 Å². The van der Waals surface area contributed by atoms with Crippen LogP contribution in [0, 0.1) is 5.21 Å². The van der Waals surface area contributed by atoms with Gasteiger partial charge in [-0.2, -0.15) is 0 Å². The molecule has 0 aromatic heterocycles. The van der Waals surface area contributed by atoms with Crippen LogP contribution in [0.15, 0.2) is 11.8 Å². The van der Waals surface area contributed by atoms with Crippen LogP contribution in [-0.4, -0.2) is 0 Å². The smallest absolute Gasteiger partial charge is 0.101 e. The largest absolute Gasteiger partial charge is 0.631 e. The van der Waals surface area contributed by atoms with Crippen molar-refractivity contribution in [1.82, 2.24) is 0 Å². The molecule has 0 aliphatic rings. The first-order valence-corrected chi connectivity index (χ1v) is 5.99. The lowest BCUT2D eigenvalue weighted by Gasteiger charge is -2.06. The van der Waals surface area contributed by atoms with E-state index in [2.05, 4.69) is 19.9 Å². The summed E-state index contributed by atoms with van der Waals surface area (Å²) in [5, 5.41) is 10.7. The van der Waals surface area contributed by atoms with Crippen LogP contribution in [0.2, 0.25) is 0 Å². The Bertz CT molecular complexity index is 143. The summed E-state index contributed by atoms with van der Waals surface area (Å²) >= 11 is 0. The molecule has 0 radical (unpaired) electrons. The quantitative estimate of drug-likeness (QED) is 0.450. The van der Waals surface area contributed by atoms with Gasteiger partial charge in [-0.05, 0) is 25.3 Å².